The Bertz CT molecular complexity index is 582. The molecule has 2 heterocycles. The topological polar surface area (TPSA) is 21.7 Å². The van der Waals surface area contributed by atoms with Crippen LogP contribution in [0, 0.1) is 0 Å². The second-order valence-electron chi connectivity index (χ2n) is 4.22. The van der Waals surface area contributed by atoms with Gasteiger partial charge in [0.15, 0.2) is 6.73 Å². The number of hydrogen-bond donors (Lipinski definition) is 0. The highest BCUT2D eigenvalue weighted by Gasteiger charge is 2.36. The van der Waals surface area contributed by atoms with Crippen LogP contribution >= 0.6 is 0 Å². The van der Waals surface area contributed by atoms with Crippen LogP contribution in [0.3, 0.4) is 0 Å². The Balaban J connectivity index is 1.85. The van der Waals surface area contributed by atoms with Crippen LogP contribution in [-0.4, -0.2) is 6.73 Å². The van der Waals surface area contributed by atoms with E-state index in [1.165, 1.54) is 0 Å². The molecule has 0 amide bonds. The molecule has 1 unspecified atom stereocenters. The summed E-state index contributed by atoms with van der Waals surface area (Å²) >= 11 is 0. The molecular formula is C14H11NO2. The molecule has 0 spiro atoms. The molecule has 0 bridgehead atoms. The average Bonchev–Trinajstić information content (AvgIpc) is 2.78. The van der Waals surface area contributed by atoms with Crippen molar-refractivity contribution in [1.82, 2.24) is 0 Å². The van der Waals surface area contributed by atoms with E-state index in [9.17, 15) is 0 Å². The number of nitrogens with zero attached hydrogens (tertiary/aromatic N) is 1. The summed E-state index contributed by atoms with van der Waals surface area (Å²) in [6.45, 7) is 0.540. The van der Waals surface area contributed by atoms with Crippen molar-refractivity contribution >= 4 is 5.69 Å². The molecule has 0 aliphatic carbocycles. The minimum Gasteiger partial charge on any atom is -0.472 e. The summed E-state index contributed by atoms with van der Waals surface area (Å²) in [5.41, 5.74) is 2.20. The van der Waals surface area contributed by atoms with Crippen LogP contribution in [0.15, 0.2) is 48.5 Å². The van der Waals surface area contributed by atoms with Crippen LogP contribution in [0.4, 0.5) is 5.69 Å². The normalized spacial score (nSPS) is 19.8. The van der Waals surface area contributed by atoms with Gasteiger partial charge >= 0.3 is 0 Å². The Morgan fingerprint density at radius 2 is 1.71 bits per heavy atom. The van der Waals surface area contributed by atoms with Crippen LogP contribution in [0.5, 0.6) is 11.5 Å². The second kappa shape index (κ2) is 3.17. The molecule has 2 aliphatic rings. The fourth-order valence-corrected chi connectivity index (χ4v) is 2.43. The maximum absolute atomic E-state index is 5.98. The first kappa shape index (κ1) is 8.93. The molecule has 4 rings (SSSR count). The van der Waals surface area contributed by atoms with E-state index in [0.29, 0.717) is 6.73 Å². The number of benzene rings is 2. The Kier molecular flexibility index (Phi) is 1.66. The van der Waals surface area contributed by atoms with Crippen molar-refractivity contribution in [3.8, 4) is 11.5 Å². The van der Waals surface area contributed by atoms with Gasteiger partial charge in [-0.3, -0.25) is 4.90 Å². The highest BCUT2D eigenvalue weighted by Crippen LogP contribution is 2.47. The van der Waals surface area contributed by atoms with Crippen molar-refractivity contribution < 1.29 is 9.47 Å². The highest BCUT2D eigenvalue weighted by molar-refractivity contribution is 5.64. The summed E-state index contributed by atoms with van der Waals surface area (Å²) in [6, 6.07) is 16.1. The predicted octanol–water partition coefficient (Wildman–Crippen LogP) is 2.93. The molecule has 2 aliphatic heterocycles. The van der Waals surface area contributed by atoms with E-state index in [-0.39, 0.29) is 6.23 Å². The van der Waals surface area contributed by atoms with Gasteiger partial charge in [-0.15, -0.1) is 0 Å². The van der Waals surface area contributed by atoms with Crippen molar-refractivity contribution in [3.63, 3.8) is 0 Å². The molecule has 0 fully saturated rings. The Morgan fingerprint density at radius 3 is 2.65 bits per heavy atom. The molecule has 84 valence electrons. The summed E-state index contributed by atoms with van der Waals surface area (Å²) in [7, 11) is 0. The van der Waals surface area contributed by atoms with Gasteiger partial charge in [-0.25, -0.2) is 0 Å². The van der Waals surface area contributed by atoms with Gasteiger partial charge in [-0.05, 0) is 24.3 Å². The number of anilines is 1. The molecule has 2 aromatic carbocycles. The van der Waals surface area contributed by atoms with E-state index in [4.69, 9.17) is 9.47 Å². The fraction of sp³-hybridized carbons (Fsp3) is 0.143. The Morgan fingerprint density at radius 1 is 0.941 bits per heavy atom. The lowest BCUT2D eigenvalue weighted by molar-refractivity contribution is 0.163. The van der Waals surface area contributed by atoms with Gasteiger partial charge < -0.3 is 9.47 Å². The number of ether oxygens (including phenoxy) is 2. The molecule has 0 N–H and O–H groups in total. The minimum atomic E-state index is -0.0441. The summed E-state index contributed by atoms with van der Waals surface area (Å²) < 4.78 is 11.7. The smallest absolute Gasteiger partial charge is 0.205 e. The molecule has 17 heavy (non-hydrogen) atoms. The monoisotopic (exact) mass is 225 g/mol. The standard InChI is InChI=1S/C14H11NO2/c1-3-7-12-10(5-1)14-15(9-16-12)11-6-2-4-8-13(11)17-14/h1-8,14H,9H2. The first-order valence-corrected chi connectivity index (χ1v) is 5.67. The van der Waals surface area contributed by atoms with Crippen LogP contribution in [-0.2, 0) is 0 Å². The summed E-state index contributed by atoms with van der Waals surface area (Å²) in [5, 5.41) is 0. The van der Waals surface area contributed by atoms with Gasteiger partial charge in [-0.1, -0.05) is 24.3 Å². The zero-order chi connectivity index (χ0) is 11.2. The predicted molar refractivity (Wildman–Crippen MR) is 64.2 cm³/mol. The van der Waals surface area contributed by atoms with Crippen LogP contribution < -0.4 is 14.4 Å². The van der Waals surface area contributed by atoms with Crippen molar-refractivity contribution in [3.05, 3.63) is 54.1 Å². The first-order chi connectivity index (χ1) is 8.43. The molecule has 2 aromatic rings. The molecule has 0 radical (unpaired) electrons. The highest BCUT2D eigenvalue weighted by atomic mass is 16.5. The SMILES string of the molecule is c1ccc2c(c1)OCN1c3ccccc3OC21. The van der Waals surface area contributed by atoms with E-state index in [0.717, 1.165) is 22.7 Å². The van der Waals surface area contributed by atoms with Crippen molar-refractivity contribution in [2.24, 2.45) is 0 Å². The van der Waals surface area contributed by atoms with Gasteiger partial charge in [0.05, 0.1) is 11.3 Å². The molecule has 1 atom stereocenters. The van der Waals surface area contributed by atoms with Gasteiger partial charge in [0, 0.05) is 0 Å². The zero-order valence-electron chi connectivity index (χ0n) is 9.17. The van der Waals surface area contributed by atoms with Crippen molar-refractivity contribution in [2.45, 2.75) is 6.23 Å². The lowest BCUT2D eigenvalue weighted by Gasteiger charge is -2.31. The zero-order valence-corrected chi connectivity index (χ0v) is 9.17. The van der Waals surface area contributed by atoms with E-state index >= 15 is 0 Å². The molecule has 0 saturated carbocycles. The number of rotatable bonds is 0. The van der Waals surface area contributed by atoms with Crippen molar-refractivity contribution in [1.29, 1.82) is 0 Å². The number of fused-ring (bicyclic) bond motifs is 5. The molecule has 3 heteroatoms. The molecular weight excluding hydrogens is 214 g/mol. The largest absolute Gasteiger partial charge is 0.472 e. The van der Waals surface area contributed by atoms with Crippen LogP contribution in [0.2, 0.25) is 0 Å². The lowest BCUT2D eigenvalue weighted by Crippen LogP contribution is -2.35. The Labute approximate surface area is 99.2 Å². The third kappa shape index (κ3) is 1.16. The molecule has 3 nitrogen and oxygen atoms in total. The maximum Gasteiger partial charge on any atom is 0.205 e. The van der Waals surface area contributed by atoms with Gasteiger partial charge in [0.25, 0.3) is 0 Å². The number of hydrogen-bond acceptors (Lipinski definition) is 3. The maximum atomic E-state index is 5.98. The summed E-state index contributed by atoms with van der Waals surface area (Å²) in [6.07, 6.45) is -0.0441. The van der Waals surface area contributed by atoms with E-state index < -0.39 is 0 Å². The van der Waals surface area contributed by atoms with Gasteiger partial charge in [-0.2, -0.15) is 0 Å². The van der Waals surface area contributed by atoms with Crippen molar-refractivity contribution in [2.75, 3.05) is 11.6 Å². The minimum absolute atomic E-state index is 0.0441. The van der Waals surface area contributed by atoms with E-state index in [2.05, 4.69) is 17.0 Å². The van der Waals surface area contributed by atoms with Gasteiger partial charge in [0.1, 0.15) is 11.5 Å². The number of para-hydroxylation sites is 3. The lowest BCUT2D eigenvalue weighted by atomic mass is 10.1. The fourth-order valence-electron chi connectivity index (χ4n) is 2.43. The summed E-state index contributed by atoms with van der Waals surface area (Å²) in [5.74, 6) is 1.85. The third-order valence-corrected chi connectivity index (χ3v) is 3.24. The average molecular weight is 225 g/mol. The molecule has 0 saturated heterocycles. The van der Waals surface area contributed by atoms with E-state index in [1.807, 2.05) is 36.4 Å². The Hall–Kier alpha value is -2.16. The van der Waals surface area contributed by atoms with Crippen LogP contribution in [0.25, 0.3) is 0 Å². The van der Waals surface area contributed by atoms with Gasteiger partial charge in [0.2, 0.25) is 6.23 Å². The third-order valence-electron chi connectivity index (χ3n) is 3.24. The second-order valence-corrected chi connectivity index (χ2v) is 4.22. The molecule has 0 aromatic heterocycles. The summed E-state index contributed by atoms with van der Waals surface area (Å²) in [4.78, 5) is 2.14. The quantitative estimate of drug-likeness (QED) is 0.688. The van der Waals surface area contributed by atoms with E-state index in [1.54, 1.807) is 0 Å². The van der Waals surface area contributed by atoms with Crippen LogP contribution in [0.1, 0.15) is 11.8 Å². The first-order valence-electron chi connectivity index (χ1n) is 5.67.